The van der Waals surface area contributed by atoms with Crippen molar-refractivity contribution in [2.24, 2.45) is 5.73 Å². The van der Waals surface area contributed by atoms with Gasteiger partial charge in [0, 0.05) is 6.07 Å². The number of amidine groups is 1. The smallest absolute Gasteiger partial charge is 0.249 e. The molecule has 1 heterocycles. The van der Waals surface area contributed by atoms with Gasteiger partial charge in [0.25, 0.3) is 0 Å². The van der Waals surface area contributed by atoms with Crippen molar-refractivity contribution in [1.29, 1.82) is 5.41 Å². The van der Waals surface area contributed by atoms with Crippen molar-refractivity contribution >= 4 is 33.4 Å². The molecule has 2 aromatic rings. The second-order valence-corrected chi connectivity index (χ2v) is 4.72. The third-order valence-corrected chi connectivity index (χ3v) is 3.07. The Morgan fingerprint density at radius 2 is 2.21 bits per heavy atom. The van der Waals surface area contributed by atoms with Crippen molar-refractivity contribution in [3.63, 3.8) is 0 Å². The van der Waals surface area contributed by atoms with Crippen LogP contribution in [0.2, 0.25) is 5.02 Å². The Balaban J connectivity index is 2.42. The highest BCUT2D eigenvalue weighted by Crippen LogP contribution is 2.33. The Morgan fingerprint density at radius 1 is 1.47 bits per heavy atom. The van der Waals surface area contributed by atoms with Crippen LogP contribution in [-0.2, 0) is 0 Å². The lowest BCUT2D eigenvalue weighted by Gasteiger charge is -2.10. The number of nitrogens with zero attached hydrogens (tertiary/aromatic N) is 2. The Morgan fingerprint density at radius 3 is 2.89 bits per heavy atom. The third kappa shape index (κ3) is 2.99. The summed E-state index contributed by atoms with van der Waals surface area (Å²) in [7, 11) is 0. The van der Waals surface area contributed by atoms with Gasteiger partial charge in [-0.25, -0.2) is 4.39 Å². The molecule has 0 amide bonds. The van der Waals surface area contributed by atoms with Crippen LogP contribution in [-0.4, -0.2) is 16.0 Å². The average molecular weight is 346 g/mol. The molecule has 0 aliphatic heterocycles. The molecule has 1 aromatic heterocycles. The number of hydrogen-bond acceptors (Lipinski definition) is 4. The molecule has 0 fully saturated rings. The molecule has 0 aliphatic rings. The molecule has 98 valence electrons. The van der Waals surface area contributed by atoms with Gasteiger partial charge in [-0.05, 0) is 28.1 Å². The van der Waals surface area contributed by atoms with Gasteiger partial charge in [0.05, 0.1) is 21.3 Å². The monoisotopic (exact) mass is 344 g/mol. The minimum absolute atomic E-state index is 0.0115. The molecule has 0 unspecified atom stereocenters. The van der Waals surface area contributed by atoms with E-state index in [4.69, 9.17) is 27.5 Å². The molecule has 5 nitrogen and oxygen atoms in total. The predicted octanol–water partition coefficient (Wildman–Crippen LogP) is 3.11. The number of halogens is 3. The van der Waals surface area contributed by atoms with Crippen molar-refractivity contribution in [2.75, 3.05) is 0 Å². The first-order chi connectivity index (χ1) is 8.99. The third-order valence-electron chi connectivity index (χ3n) is 2.16. The first-order valence-corrected chi connectivity index (χ1v) is 6.14. The quantitative estimate of drug-likeness (QED) is 0.508. The first-order valence-electron chi connectivity index (χ1n) is 4.97. The van der Waals surface area contributed by atoms with Gasteiger partial charge in [0.15, 0.2) is 0 Å². The summed E-state index contributed by atoms with van der Waals surface area (Å²) < 4.78 is 19.2. The summed E-state index contributed by atoms with van der Waals surface area (Å²) in [6.45, 7) is 0. The van der Waals surface area contributed by atoms with E-state index in [-0.39, 0.29) is 28.1 Å². The first kappa shape index (κ1) is 13.7. The van der Waals surface area contributed by atoms with E-state index in [0.717, 1.165) is 6.07 Å². The van der Waals surface area contributed by atoms with E-state index < -0.39 is 5.82 Å². The van der Waals surface area contributed by atoms with Crippen LogP contribution in [0.15, 0.2) is 28.9 Å². The minimum Gasteiger partial charge on any atom is -0.436 e. The van der Waals surface area contributed by atoms with Crippen LogP contribution in [0, 0.1) is 11.2 Å². The van der Waals surface area contributed by atoms with E-state index in [2.05, 4.69) is 26.1 Å². The molecule has 0 atom stereocenters. The highest BCUT2D eigenvalue weighted by molar-refractivity contribution is 9.10. The Labute approximate surface area is 121 Å². The van der Waals surface area contributed by atoms with Crippen molar-refractivity contribution in [3.8, 4) is 11.6 Å². The summed E-state index contributed by atoms with van der Waals surface area (Å²) in [5.74, 6) is -0.689. The molecule has 3 N–H and O–H groups in total. The summed E-state index contributed by atoms with van der Waals surface area (Å²) in [5.41, 5.74) is 5.65. The van der Waals surface area contributed by atoms with Crippen molar-refractivity contribution in [2.45, 2.75) is 0 Å². The van der Waals surface area contributed by atoms with Crippen LogP contribution in [0.25, 0.3) is 0 Å². The molecule has 0 saturated carbocycles. The van der Waals surface area contributed by atoms with E-state index in [9.17, 15) is 4.39 Å². The molecule has 19 heavy (non-hydrogen) atoms. The number of benzene rings is 1. The molecule has 0 spiro atoms. The average Bonchev–Trinajstić information content (AvgIpc) is 2.36. The molecule has 0 bridgehead atoms. The van der Waals surface area contributed by atoms with Crippen LogP contribution in [0.1, 0.15) is 5.56 Å². The SMILES string of the molecule is N=C(N)c1ccnnc1Oc1cc(F)c(Cl)cc1Br. The molecule has 8 heteroatoms. The summed E-state index contributed by atoms with van der Waals surface area (Å²) in [6, 6.07) is 3.94. The van der Waals surface area contributed by atoms with Gasteiger partial charge < -0.3 is 10.5 Å². The van der Waals surface area contributed by atoms with E-state index in [0.29, 0.717) is 4.47 Å². The van der Waals surface area contributed by atoms with Crippen LogP contribution in [0.4, 0.5) is 4.39 Å². The zero-order chi connectivity index (χ0) is 14.0. The zero-order valence-corrected chi connectivity index (χ0v) is 11.7. The maximum atomic E-state index is 13.4. The summed E-state index contributed by atoms with van der Waals surface area (Å²) >= 11 is 8.82. The molecule has 0 saturated heterocycles. The Bertz CT molecular complexity index is 653. The van der Waals surface area contributed by atoms with Crippen molar-refractivity contribution < 1.29 is 9.13 Å². The van der Waals surface area contributed by atoms with Gasteiger partial charge in [-0.1, -0.05) is 11.6 Å². The fraction of sp³-hybridized carbons (Fsp3) is 0. The van der Waals surface area contributed by atoms with E-state index in [1.807, 2.05) is 0 Å². The van der Waals surface area contributed by atoms with Gasteiger partial charge in [0.2, 0.25) is 5.88 Å². The van der Waals surface area contributed by atoms with E-state index in [1.54, 1.807) is 0 Å². The number of nitrogen functional groups attached to an aromatic ring is 1. The highest BCUT2D eigenvalue weighted by Gasteiger charge is 2.13. The number of hydrogen-bond donors (Lipinski definition) is 2. The second-order valence-electron chi connectivity index (χ2n) is 3.46. The van der Waals surface area contributed by atoms with Gasteiger partial charge >= 0.3 is 0 Å². The fourth-order valence-corrected chi connectivity index (χ4v) is 2.01. The number of nitrogens with one attached hydrogen (secondary N) is 1. The number of ether oxygens (including phenoxy) is 1. The molecular formula is C11H7BrClFN4O. The van der Waals surface area contributed by atoms with Crippen LogP contribution in [0.5, 0.6) is 11.6 Å². The lowest BCUT2D eigenvalue weighted by molar-refractivity contribution is 0.447. The molecule has 0 aliphatic carbocycles. The van der Waals surface area contributed by atoms with Gasteiger partial charge in [-0.2, -0.15) is 5.10 Å². The predicted molar refractivity (Wildman–Crippen MR) is 72.2 cm³/mol. The van der Waals surface area contributed by atoms with E-state index in [1.165, 1.54) is 18.3 Å². The largest absolute Gasteiger partial charge is 0.436 e. The van der Waals surface area contributed by atoms with Gasteiger partial charge in [-0.15, -0.1) is 5.10 Å². The maximum absolute atomic E-state index is 13.4. The van der Waals surface area contributed by atoms with E-state index >= 15 is 0 Å². The zero-order valence-electron chi connectivity index (χ0n) is 9.32. The molecular weight excluding hydrogens is 339 g/mol. The van der Waals surface area contributed by atoms with Crippen LogP contribution >= 0.6 is 27.5 Å². The van der Waals surface area contributed by atoms with Crippen molar-refractivity contribution in [3.05, 3.63) is 45.3 Å². The summed E-state index contributed by atoms with van der Waals surface area (Å²) in [4.78, 5) is 0. The van der Waals surface area contributed by atoms with Gasteiger partial charge in [0.1, 0.15) is 17.4 Å². The molecule has 0 radical (unpaired) electrons. The number of rotatable bonds is 3. The normalized spacial score (nSPS) is 10.3. The molecule has 2 rings (SSSR count). The second kappa shape index (κ2) is 5.50. The number of nitrogens with two attached hydrogens (primary N) is 1. The number of aromatic nitrogens is 2. The lowest BCUT2D eigenvalue weighted by atomic mass is 10.3. The highest BCUT2D eigenvalue weighted by atomic mass is 79.9. The minimum atomic E-state index is -0.631. The maximum Gasteiger partial charge on any atom is 0.249 e. The lowest BCUT2D eigenvalue weighted by Crippen LogP contribution is -2.13. The van der Waals surface area contributed by atoms with Gasteiger partial charge in [-0.3, -0.25) is 5.41 Å². The Kier molecular flexibility index (Phi) is 3.96. The van der Waals surface area contributed by atoms with Crippen molar-refractivity contribution in [1.82, 2.24) is 10.2 Å². The van der Waals surface area contributed by atoms with Crippen LogP contribution in [0.3, 0.4) is 0 Å². The summed E-state index contributed by atoms with van der Waals surface area (Å²) in [6.07, 6.45) is 1.38. The topological polar surface area (TPSA) is 84.9 Å². The Hall–Kier alpha value is -1.73. The fourth-order valence-electron chi connectivity index (χ4n) is 1.29. The standard InChI is InChI=1S/C11H7BrClFN4O/c12-6-3-7(13)8(14)4-9(6)19-11-5(10(15)16)1-2-17-18-11/h1-4H,(H3,15,16). The molecule has 1 aromatic carbocycles. The van der Waals surface area contributed by atoms with Crippen LogP contribution < -0.4 is 10.5 Å². The summed E-state index contributed by atoms with van der Waals surface area (Å²) in [5, 5.41) is 14.7.